The third-order valence-electron chi connectivity index (χ3n) is 5.87. The second-order valence-corrected chi connectivity index (χ2v) is 8.31. The SMILES string of the molecule is CCNC(=NCCNC(=O)Cc1ccc(F)cc1)NC1CCN(C(=O)C2CCCC2)C1.I. The maximum absolute atomic E-state index is 12.9. The lowest BCUT2D eigenvalue weighted by Gasteiger charge is -2.21. The highest BCUT2D eigenvalue weighted by Crippen LogP contribution is 2.27. The molecule has 1 saturated heterocycles. The number of hydrogen-bond acceptors (Lipinski definition) is 3. The van der Waals surface area contributed by atoms with Crippen molar-refractivity contribution in [3.05, 3.63) is 35.6 Å². The number of benzene rings is 1. The van der Waals surface area contributed by atoms with Crippen molar-refractivity contribution < 1.29 is 14.0 Å². The van der Waals surface area contributed by atoms with Gasteiger partial charge >= 0.3 is 0 Å². The number of rotatable bonds is 8. The molecule has 0 aromatic heterocycles. The number of halogens is 2. The number of hydrogen-bond donors (Lipinski definition) is 3. The quantitative estimate of drug-likeness (QED) is 0.198. The van der Waals surface area contributed by atoms with Crippen LogP contribution in [0.4, 0.5) is 4.39 Å². The molecular weight excluding hydrogens is 524 g/mol. The van der Waals surface area contributed by atoms with Crippen molar-refractivity contribution in [2.75, 3.05) is 32.7 Å². The number of likely N-dealkylation sites (tertiary alicyclic amines) is 1. The van der Waals surface area contributed by atoms with Gasteiger partial charge in [0.05, 0.1) is 13.0 Å². The van der Waals surface area contributed by atoms with Gasteiger partial charge in [0.2, 0.25) is 11.8 Å². The topological polar surface area (TPSA) is 85.8 Å². The molecule has 9 heteroatoms. The zero-order valence-electron chi connectivity index (χ0n) is 18.7. The predicted octanol–water partition coefficient (Wildman–Crippen LogP) is 2.45. The van der Waals surface area contributed by atoms with E-state index < -0.39 is 0 Å². The van der Waals surface area contributed by atoms with Gasteiger partial charge in [-0.25, -0.2) is 4.39 Å². The van der Waals surface area contributed by atoms with Crippen LogP contribution in [0.25, 0.3) is 0 Å². The minimum atomic E-state index is -0.310. The highest BCUT2D eigenvalue weighted by molar-refractivity contribution is 14.0. The van der Waals surface area contributed by atoms with E-state index in [1.807, 2.05) is 11.8 Å². The van der Waals surface area contributed by atoms with Crippen LogP contribution in [0.5, 0.6) is 0 Å². The van der Waals surface area contributed by atoms with Gasteiger partial charge in [0, 0.05) is 38.1 Å². The second kappa shape index (κ2) is 13.6. The van der Waals surface area contributed by atoms with Gasteiger partial charge in [-0.15, -0.1) is 24.0 Å². The van der Waals surface area contributed by atoms with Gasteiger partial charge in [-0.2, -0.15) is 0 Å². The van der Waals surface area contributed by atoms with E-state index in [1.165, 1.54) is 25.0 Å². The van der Waals surface area contributed by atoms with Crippen LogP contribution in [0, 0.1) is 11.7 Å². The first kappa shape index (κ1) is 26.3. The fourth-order valence-electron chi connectivity index (χ4n) is 4.24. The first-order valence-electron chi connectivity index (χ1n) is 11.4. The molecule has 178 valence electrons. The molecule has 2 aliphatic rings. The largest absolute Gasteiger partial charge is 0.357 e. The maximum atomic E-state index is 12.9. The molecular formula is C23H35FIN5O2. The number of amides is 2. The summed E-state index contributed by atoms with van der Waals surface area (Å²) in [6.45, 7) is 5.13. The monoisotopic (exact) mass is 559 g/mol. The van der Waals surface area contributed by atoms with Crippen LogP contribution in [0.15, 0.2) is 29.3 Å². The Labute approximate surface area is 207 Å². The van der Waals surface area contributed by atoms with Crippen LogP contribution in [0.2, 0.25) is 0 Å². The molecule has 0 bridgehead atoms. The summed E-state index contributed by atoms with van der Waals surface area (Å²) in [6.07, 6.45) is 5.54. The smallest absolute Gasteiger partial charge is 0.225 e. The molecule has 0 spiro atoms. The minimum absolute atomic E-state index is 0. The molecule has 1 aliphatic heterocycles. The Bertz CT molecular complexity index is 768. The molecule has 1 heterocycles. The van der Waals surface area contributed by atoms with Crippen molar-refractivity contribution in [3.8, 4) is 0 Å². The molecule has 3 rings (SSSR count). The van der Waals surface area contributed by atoms with Crippen molar-refractivity contribution >= 4 is 41.8 Å². The molecule has 1 atom stereocenters. The number of carbonyl (C=O) groups excluding carboxylic acids is 2. The summed E-state index contributed by atoms with van der Waals surface area (Å²) in [7, 11) is 0. The lowest BCUT2D eigenvalue weighted by atomic mass is 10.1. The molecule has 1 aromatic carbocycles. The average molecular weight is 559 g/mol. The molecule has 1 saturated carbocycles. The lowest BCUT2D eigenvalue weighted by molar-refractivity contribution is -0.134. The molecule has 7 nitrogen and oxygen atoms in total. The van der Waals surface area contributed by atoms with Crippen molar-refractivity contribution in [3.63, 3.8) is 0 Å². The molecule has 1 unspecified atom stereocenters. The van der Waals surface area contributed by atoms with E-state index in [0.717, 1.165) is 37.9 Å². The Hall–Kier alpha value is -1.91. The van der Waals surface area contributed by atoms with Crippen LogP contribution < -0.4 is 16.0 Å². The Morgan fingerprint density at radius 3 is 2.53 bits per heavy atom. The molecule has 2 fully saturated rings. The summed E-state index contributed by atoms with van der Waals surface area (Å²) in [5.41, 5.74) is 0.773. The Morgan fingerprint density at radius 2 is 1.84 bits per heavy atom. The fourth-order valence-corrected chi connectivity index (χ4v) is 4.24. The number of nitrogens with one attached hydrogen (secondary N) is 3. The van der Waals surface area contributed by atoms with E-state index in [1.54, 1.807) is 12.1 Å². The minimum Gasteiger partial charge on any atom is -0.357 e. The summed E-state index contributed by atoms with van der Waals surface area (Å²) in [6, 6.07) is 6.13. The van der Waals surface area contributed by atoms with Crippen molar-refractivity contribution in [2.24, 2.45) is 10.9 Å². The van der Waals surface area contributed by atoms with Gasteiger partial charge in [0.15, 0.2) is 5.96 Å². The fraction of sp³-hybridized carbons (Fsp3) is 0.609. The summed E-state index contributed by atoms with van der Waals surface area (Å²) < 4.78 is 12.9. The molecule has 0 radical (unpaired) electrons. The van der Waals surface area contributed by atoms with Crippen molar-refractivity contribution in [1.82, 2.24) is 20.9 Å². The van der Waals surface area contributed by atoms with E-state index in [0.29, 0.717) is 31.5 Å². The van der Waals surface area contributed by atoms with Gasteiger partial charge in [0.25, 0.3) is 0 Å². The van der Waals surface area contributed by atoms with E-state index in [9.17, 15) is 14.0 Å². The number of nitrogens with zero attached hydrogens (tertiary/aromatic N) is 2. The standard InChI is InChI=1S/C23H34FN5O2.HI/c1-2-25-23(27-13-12-26-21(30)15-17-7-9-19(24)10-8-17)28-20-11-14-29(16-20)22(31)18-5-3-4-6-18;/h7-10,18,20H,2-6,11-16H2,1H3,(H,26,30)(H2,25,27,28);1H. The van der Waals surface area contributed by atoms with Crippen LogP contribution >= 0.6 is 24.0 Å². The molecule has 3 N–H and O–H groups in total. The molecule has 32 heavy (non-hydrogen) atoms. The maximum Gasteiger partial charge on any atom is 0.225 e. The van der Waals surface area contributed by atoms with Crippen molar-refractivity contribution in [2.45, 2.75) is 51.5 Å². The van der Waals surface area contributed by atoms with Crippen molar-refractivity contribution in [1.29, 1.82) is 0 Å². The first-order chi connectivity index (χ1) is 15.0. The van der Waals surface area contributed by atoms with Crippen LogP contribution in [0.3, 0.4) is 0 Å². The first-order valence-corrected chi connectivity index (χ1v) is 11.4. The average Bonchev–Trinajstić information content (AvgIpc) is 3.45. The summed E-state index contributed by atoms with van der Waals surface area (Å²) >= 11 is 0. The van der Waals surface area contributed by atoms with Gasteiger partial charge in [-0.05, 0) is 43.9 Å². The third-order valence-corrected chi connectivity index (χ3v) is 5.87. The number of guanidine groups is 1. The molecule has 1 aromatic rings. The Kier molecular flexibility index (Phi) is 11.2. The number of aliphatic imine (C=N–C) groups is 1. The normalized spacial score (nSPS) is 18.9. The van der Waals surface area contributed by atoms with E-state index in [-0.39, 0.29) is 54.1 Å². The molecule has 1 aliphatic carbocycles. The van der Waals surface area contributed by atoms with Gasteiger partial charge in [-0.3, -0.25) is 14.6 Å². The summed E-state index contributed by atoms with van der Waals surface area (Å²) in [5.74, 6) is 0.814. The van der Waals surface area contributed by atoms with Crippen LogP contribution in [-0.4, -0.2) is 61.4 Å². The van der Waals surface area contributed by atoms with Crippen LogP contribution in [0.1, 0.15) is 44.6 Å². The van der Waals surface area contributed by atoms with Gasteiger partial charge < -0.3 is 20.9 Å². The van der Waals surface area contributed by atoms with E-state index in [4.69, 9.17) is 0 Å². The van der Waals surface area contributed by atoms with Gasteiger partial charge in [0.1, 0.15) is 5.82 Å². The lowest BCUT2D eigenvalue weighted by Crippen LogP contribution is -2.45. The zero-order chi connectivity index (χ0) is 22.1. The predicted molar refractivity (Wildman–Crippen MR) is 135 cm³/mol. The highest BCUT2D eigenvalue weighted by Gasteiger charge is 2.32. The van der Waals surface area contributed by atoms with Gasteiger partial charge in [-0.1, -0.05) is 25.0 Å². The third kappa shape index (κ3) is 8.22. The van der Waals surface area contributed by atoms with E-state index in [2.05, 4.69) is 20.9 Å². The highest BCUT2D eigenvalue weighted by atomic mass is 127. The second-order valence-electron chi connectivity index (χ2n) is 8.31. The summed E-state index contributed by atoms with van der Waals surface area (Å²) in [5, 5.41) is 9.49. The molecule has 2 amide bonds. The van der Waals surface area contributed by atoms with Crippen LogP contribution in [-0.2, 0) is 16.0 Å². The van der Waals surface area contributed by atoms with E-state index >= 15 is 0 Å². The Morgan fingerprint density at radius 1 is 1.12 bits per heavy atom. The number of carbonyl (C=O) groups is 2. The summed E-state index contributed by atoms with van der Waals surface area (Å²) in [4.78, 5) is 31.2. The zero-order valence-corrected chi connectivity index (χ0v) is 21.1. The Balaban J connectivity index is 0.00000363.